The van der Waals surface area contributed by atoms with Crippen molar-refractivity contribution in [2.45, 2.75) is 57.8 Å². The van der Waals surface area contributed by atoms with Gasteiger partial charge in [0.25, 0.3) is 0 Å². The van der Waals surface area contributed by atoms with E-state index in [1.54, 1.807) is 0 Å². The Hall–Kier alpha value is -1.31. The number of carbonyl (C=O) groups excluding carboxylic acids is 1. The zero-order valence-electron chi connectivity index (χ0n) is 13.0. The molecule has 1 saturated heterocycles. The lowest BCUT2D eigenvalue weighted by atomic mass is 9.80. The minimum Gasteiger partial charge on any atom is -0.342 e. The average Bonchev–Trinajstić information content (AvgIpc) is 2.79. The van der Waals surface area contributed by atoms with Crippen LogP contribution in [0.2, 0.25) is 0 Å². The lowest BCUT2D eigenvalue weighted by Crippen LogP contribution is -2.32. The normalized spacial score (nSPS) is 21.4. The van der Waals surface area contributed by atoms with Crippen molar-refractivity contribution in [2.24, 2.45) is 5.41 Å². The molecule has 3 rings (SSSR count). The number of nitrogens with zero attached hydrogens (tertiary/aromatic N) is 1. The number of likely N-dealkylation sites (tertiary alicyclic amines) is 1. The molecule has 0 radical (unpaired) electrons. The van der Waals surface area contributed by atoms with Gasteiger partial charge in [-0.15, -0.1) is 0 Å². The van der Waals surface area contributed by atoms with Crippen LogP contribution in [-0.2, 0) is 11.2 Å². The minimum absolute atomic E-state index is 0.361. The van der Waals surface area contributed by atoms with E-state index in [4.69, 9.17) is 0 Å². The first-order valence-corrected chi connectivity index (χ1v) is 8.59. The fourth-order valence-electron chi connectivity index (χ4n) is 4.09. The second kappa shape index (κ2) is 6.64. The second-order valence-corrected chi connectivity index (χ2v) is 6.97. The minimum atomic E-state index is 0.361. The SMILES string of the molecule is O=C(CCc1ccccc1)N1CCC2(CCCCCC2)C1. The van der Waals surface area contributed by atoms with Crippen molar-refractivity contribution in [1.82, 2.24) is 4.90 Å². The van der Waals surface area contributed by atoms with E-state index in [0.717, 1.165) is 19.5 Å². The van der Waals surface area contributed by atoms with Crippen molar-refractivity contribution < 1.29 is 4.79 Å². The predicted molar refractivity (Wildman–Crippen MR) is 86.1 cm³/mol. The van der Waals surface area contributed by atoms with Crippen molar-refractivity contribution >= 4 is 5.91 Å². The molecule has 1 aliphatic carbocycles. The molecule has 1 amide bonds. The van der Waals surface area contributed by atoms with Gasteiger partial charge >= 0.3 is 0 Å². The van der Waals surface area contributed by atoms with Crippen molar-refractivity contribution in [3.05, 3.63) is 35.9 Å². The number of benzene rings is 1. The van der Waals surface area contributed by atoms with Gasteiger partial charge in [0, 0.05) is 19.5 Å². The number of hydrogen-bond donors (Lipinski definition) is 0. The molecule has 0 unspecified atom stereocenters. The van der Waals surface area contributed by atoms with E-state index in [-0.39, 0.29) is 0 Å². The smallest absolute Gasteiger partial charge is 0.222 e. The van der Waals surface area contributed by atoms with E-state index in [1.165, 1.54) is 50.5 Å². The van der Waals surface area contributed by atoms with E-state index in [9.17, 15) is 4.79 Å². The summed E-state index contributed by atoms with van der Waals surface area (Å²) in [6.45, 7) is 2.02. The maximum Gasteiger partial charge on any atom is 0.222 e. The molecule has 1 saturated carbocycles. The molecule has 114 valence electrons. The number of rotatable bonds is 3. The summed E-state index contributed by atoms with van der Waals surface area (Å²) in [6, 6.07) is 10.4. The lowest BCUT2D eigenvalue weighted by molar-refractivity contribution is -0.130. The summed E-state index contributed by atoms with van der Waals surface area (Å²) >= 11 is 0. The third-order valence-electron chi connectivity index (χ3n) is 5.43. The summed E-state index contributed by atoms with van der Waals surface area (Å²) in [7, 11) is 0. The highest BCUT2D eigenvalue weighted by atomic mass is 16.2. The number of carbonyl (C=O) groups is 1. The van der Waals surface area contributed by atoms with Crippen LogP contribution in [0.5, 0.6) is 0 Å². The summed E-state index contributed by atoms with van der Waals surface area (Å²) in [5.74, 6) is 0.361. The van der Waals surface area contributed by atoms with Gasteiger partial charge in [0.05, 0.1) is 0 Å². The average molecular weight is 285 g/mol. The molecule has 1 heterocycles. The summed E-state index contributed by atoms with van der Waals surface area (Å²) in [5.41, 5.74) is 1.74. The third-order valence-corrected chi connectivity index (χ3v) is 5.43. The highest BCUT2D eigenvalue weighted by Gasteiger charge is 2.39. The summed E-state index contributed by atoms with van der Waals surface area (Å²) in [4.78, 5) is 14.6. The molecule has 1 aromatic rings. The molecule has 1 spiro atoms. The zero-order valence-corrected chi connectivity index (χ0v) is 13.0. The van der Waals surface area contributed by atoms with E-state index in [1.807, 2.05) is 6.07 Å². The van der Waals surface area contributed by atoms with Crippen molar-refractivity contribution in [3.63, 3.8) is 0 Å². The topological polar surface area (TPSA) is 20.3 Å². The van der Waals surface area contributed by atoms with Gasteiger partial charge in [-0.05, 0) is 36.7 Å². The lowest BCUT2D eigenvalue weighted by Gasteiger charge is -2.27. The largest absolute Gasteiger partial charge is 0.342 e. The fraction of sp³-hybridized carbons (Fsp3) is 0.632. The van der Waals surface area contributed by atoms with Gasteiger partial charge in [0.15, 0.2) is 0 Å². The molecule has 2 aliphatic rings. The Morgan fingerprint density at radius 1 is 1.00 bits per heavy atom. The standard InChI is InChI=1S/C19H27NO/c21-18(11-10-17-8-4-3-5-9-17)20-15-14-19(16-20)12-6-1-2-7-13-19/h3-5,8-9H,1-2,6-7,10-16H2. The molecule has 21 heavy (non-hydrogen) atoms. The quantitative estimate of drug-likeness (QED) is 0.815. The van der Waals surface area contributed by atoms with Crippen molar-refractivity contribution in [1.29, 1.82) is 0 Å². The van der Waals surface area contributed by atoms with Gasteiger partial charge in [0.2, 0.25) is 5.91 Å². The third kappa shape index (κ3) is 3.66. The van der Waals surface area contributed by atoms with Gasteiger partial charge in [-0.3, -0.25) is 4.79 Å². The van der Waals surface area contributed by atoms with Crippen LogP contribution in [-0.4, -0.2) is 23.9 Å². The molecule has 2 heteroatoms. The summed E-state index contributed by atoms with van der Waals surface area (Å²) < 4.78 is 0. The molecule has 2 fully saturated rings. The molecule has 2 nitrogen and oxygen atoms in total. The van der Waals surface area contributed by atoms with E-state index < -0.39 is 0 Å². The Labute approximate surface area is 128 Å². The van der Waals surface area contributed by atoms with E-state index in [0.29, 0.717) is 17.7 Å². The number of aryl methyl sites for hydroxylation is 1. The van der Waals surface area contributed by atoms with Gasteiger partial charge in [-0.1, -0.05) is 56.0 Å². The maximum atomic E-state index is 12.5. The molecule has 0 bridgehead atoms. The molecule has 1 aliphatic heterocycles. The van der Waals surface area contributed by atoms with Crippen LogP contribution in [0.4, 0.5) is 0 Å². The van der Waals surface area contributed by atoms with Crippen LogP contribution < -0.4 is 0 Å². The Morgan fingerprint density at radius 3 is 2.43 bits per heavy atom. The zero-order chi connectivity index (χ0) is 14.5. The van der Waals surface area contributed by atoms with Gasteiger partial charge in [-0.2, -0.15) is 0 Å². The van der Waals surface area contributed by atoms with Gasteiger partial charge in [-0.25, -0.2) is 0 Å². The Kier molecular flexibility index (Phi) is 4.62. The molecule has 1 aromatic carbocycles. The molecule has 0 atom stereocenters. The Balaban J connectivity index is 1.52. The van der Waals surface area contributed by atoms with Crippen molar-refractivity contribution in [3.8, 4) is 0 Å². The van der Waals surface area contributed by atoms with Crippen LogP contribution in [0.15, 0.2) is 30.3 Å². The Morgan fingerprint density at radius 2 is 1.71 bits per heavy atom. The number of hydrogen-bond acceptors (Lipinski definition) is 1. The summed E-state index contributed by atoms with van der Waals surface area (Å²) in [5, 5.41) is 0. The molecule has 0 N–H and O–H groups in total. The van der Waals surface area contributed by atoms with Gasteiger partial charge in [0.1, 0.15) is 0 Å². The first-order valence-electron chi connectivity index (χ1n) is 8.59. The Bertz CT molecular complexity index is 460. The predicted octanol–water partition coefficient (Wildman–Crippen LogP) is 4.19. The highest BCUT2D eigenvalue weighted by molar-refractivity contribution is 5.76. The molecular weight excluding hydrogens is 258 g/mol. The van der Waals surface area contributed by atoms with E-state index in [2.05, 4.69) is 29.2 Å². The summed E-state index contributed by atoms with van der Waals surface area (Å²) in [6.07, 6.45) is 11.0. The first-order chi connectivity index (χ1) is 10.3. The maximum absolute atomic E-state index is 12.5. The van der Waals surface area contributed by atoms with Gasteiger partial charge < -0.3 is 4.90 Å². The van der Waals surface area contributed by atoms with Crippen LogP contribution in [0.1, 0.15) is 56.9 Å². The van der Waals surface area contributed by atoms with Crippen LogP contribution >= 0.6 is 0 Å². The van der Waals surface area contributed by atoms with Crippen molar-refractivity contribution in [2.75, 3.05) is 13.1 Å². The molecular formula is C19H27NO. The van der Waals surface area contributed by atoms with Crippen LogP contribution in [0, 0.1) is 5.41 Å². The second-order valence-electron chi connectivity index (χ2n) is 6.97. The van der Waals surface area contributed by atoms with E-state index >= 15 is 0 Å². The number of amides is 1. The first kappa shape index (κ1) is 14.6. The highest BCUT2D eigenvalue weighted by Crippen LogP contribution is 2.42. The molecule has 0 aromatic heterocycles. The monoisotopic (exact) mass is 285 g/mol. The van der Waals surface area contributed by atoms with Crippen LogP contribution in [0.25, 0.3) is 0 Å². The van der Waals surface area contributed by atoms with Crippen LogP contribution in [0.3, 0.4) is 0 Å². The fourth-order valence-corrected chi connectivity index (χ4v) is 4.09.